The van der Waals surface area contributed by atoms with Gasteiger partial charge in [0, 0.05) is 23.5 Å². The van der Waals surface area contributed by atoms with Crippen LogP contribution in [0.2, 0.25) is 0 Å². The smallest absolute Gasteiger partial charge is 0.305 e. The van der Waals surface area contributed by atoms with Crippen LogP contribution in [-0.4, -0.2) is 12.6 Å². The third-order valence-electron chi connectivity index (χ3n) is 1.29. The van der Waals surface area contributed by atoms with Crippen LogP contribution in [0, 0.1) is 0 Å². The first-order valence-corrected chi connectivity index (χ1v) is 3.96. The molecule has 0 saturated heterocycles. The topological polar surface area (TPSA) is 26.3 Å². The van der Waals surface area contributed by atoms with Crippen LogP contribution in [0.25, 0.3) is 0 Å². The minimum atomic E-state index is -0.0593. The number of esters is 1. The largest absolute Gasteiger partial charge is 0.466 e. The average molecular weight is 200 g/mol. The summed E-state index contributed by atoms with van der Waals surface area (Å²) in [6.07, 6.45) is 3.83. The van der Waals surface area contributed by atoms with Crippen LogP contribution in [0.1, 0.15) is 39.5 Å². The van der Waals surface area contributed by atoms with Gasteiger partial charge in [-0.05, 0) is 13.3 Å². The Hall–Kier alpha value is -0.0105. The van der Waals surface area contributed by atoms with Gasteiger partial charge in [0.15, 0.2) is 0 Å². The van der Waals surface area contributed by atoms with Gasteiger partial charge in [0.25, 0.3) is 0 Å². The van der Waals surface area contributed by atoms with Gasteiger partial charge in [0.05, 0.1) is 6.61 Å². The van der Waals surface area contributed by atoms with Crippen molar-refractivity contribution in [3.63, 3.8) is 0 Å². The number of carbonyl (C=O) groups excluding carboxylic acids is 1. The zero-order chi connectivity index (χ0) is 7.82. The van der Waals surface area contributed by atoms with E-state index in [1.165, 1.54) is 0 Å². The molecule has 0 aliphatic heterocycles. The molecule has 0 rings (SSSR count). The summed E-state index contributed by atoms with van der Waals surface area (Å²) in [4.78, 5) is 10.7. The Labute approximate surface area is 79.2 Å². The van der Waals surface area contributed by atoms with E-state index in [9.17, 15) is 4.79 Å². The zero-order valence-electron chi connectivity index (χ0n) is 7.21. The molecule has 0 N–H and O–H groups in total. The Kier molecular flexibility index (Phi) is 12.3. The fourth-order valence-electron chi connectivity index (χ4n) is 0.752. The summed E-state index contributed by atoms with van der Waals surface area (Å²) in [5, 5.41) is 0. The summed E-state index contributed by atoms with van der Waals surface area (Å²) in [7, 11) is 0. The van der Waals surface area contributed by atoms with Crippen LogP contribution < -0.4 is 0 Å². The third-order valence-corrected chi connectivity index (χ3v) is 1.29. The molecule has 0 saturated carbocycles. The van der Waals surface area contributed by atoms with E-state index in [1.807, 2.05) is 6.92 Å². The second kappa shape index (κ2) is 9.99. The molecule has 0 aliphatic carbocycles. The van der Waals surface area contributed by atoms with Gasteiger partial charge < -0.3 is 4.74 Å². The average Bonchev–Trinajstić information content (AvgIpc) is 1.89. The van der Waals surface area contributed by atoms with Crippen LogP contribution >= 0.6 is 0 Å². The molecule has 0 radical (unpaired) electrons. The van der Waals surface area contributed by atoms with E-state index in [2.05, 4.69) is 6.92 Å². The van der Waals surface area contributed by atoms with Crippen molar-refractivity contribution >= 4 is 5.97 Å². The van der Waals surface area contributed by atoms with Crippen LogP contribution in [0.3, 0.4) is 0 Å². The van der Waals surface area contributed by atoms with E-state index < -0.39 is 0 Å². The zero-order valence-corrected chi connectivity index (χ0v) is 8.31. The van der Waals surface area contributed by atoms with Crippen molar-refractivity contribution in [1.82, 2.24) is 0 Å². The van der Waals surface area contributed by atoms with Gasteiger partial charge in [-0.2, -0.15) is 0 Å². The number of hydrogen-bond acceptors (Lipinski definition) is 2. The van der Waals surface area contributed by atoms with Crippen molar-refractivity contribution in [1.29, 1.82) is 0 Å². The molecule has 0 heterocycles. The van der Waals surface area contributed by atoms with E-state index >= 15 is 0 Å². The van der Waals surface area contributed by atoms with Crippen molar-refractivity contribution < 1.29 is 26.6 Å². The molecule has 0 unspecified atom stereocenters. The molecule has 3 heteroatoms. The summed E-state index contributed by atoms with van der Waals surface area (Å²) < 4.78 is 4.75. The normalized spacial score (nSPS) is 8.55. The molecule has 68 valence electrons. The fraction of sp³-hybridized carbons (Fsp3) is 0.875. The summed E-state index contributed by atoms with van der Waals surface area (Å²) >= 11 is 0. The predicted molar refractivity (Wildman–Crippen MR) is 40.8 cm³/mol. The molecule has 0 aromatic rings. The number of rotatable bonds is 5. The van der Waals surface area contributed by atoms with Gasteiger partial charge >= 0.3 is 5.97 Å². The molecular formula is C8H16FeO2. The van der Waals surface area contributed by atoms with Crippen LogP contribution in [0.15, 0.2) is 0 Å². The summed E-state index contributed by atoms with van der Waals surface area (Å²) in [6.45, 7) is 4.45. The Bertz CT molecular complexity index is 94.1. The van der Waals surface area contributed by atoms with Crippen molar-refractivity contribution in [2.24, 2.45) is 0 Å². The first-order chi connectivity index (χ1) is 4.81. The fourth-order valence-corrected chi connectivity index (χ4v) is 0.752. The van der Waals surface area contributed by atoms with Crippen molar-refractivity contribution in [2.75, 3.05) is 6.61 Å². The number of unbranched alkanes of at least 4 members (excludes halogenated alkanes) is 2. The maximum absolute atomic E-state index is 10.7. The Morgan fingerprint density at radius 2 is 1.91 bits per heavy atom. The monoisotopic (exact) mass is 200 g/mol. The van der Waals surface area contributed by atoms with Gasteiger partial charge in [0.2, 0.25) is 0 Å². The Morgan fingerprint density at radius 3 is 2.36 bits per heavy atom. The van der Waals surface area contributed by atoms with Crippen LogP contribution in [-0.2, 0) is 26.6 Å². The minimum absolute atomic E-state index is 0. The second-order valence-corrected chi connectivity index (χ2v) is 2.26. The first-order valence-electron chi connectivity index (χ1n) is 3.96. The molecule has 0 fully saturated rings. The molecule has 0 amide bonds. The predicted octanol–water partition coefficient (Wildman–Crippen LogP) is 2.13. The maximum Gasteiger partial charge on any atom is 0.305 e. The van der Waals surface area contributed by atoms with E-state index in [4.69, 9.17) is 4.74 Å². The van der Waals surface area contributed by atoms with Gasteiger partial charge in [-0.1, -0.05) is 19.8 Å². The van der Waals surface area contributed by atoms with E-state index in [-0.39, 0.29) is 23.0 Å². The van der Waals surface area contributed by atoms with Gasteiger partial charge in [0.1, 0.15) is 0 Å². The molecule has 11 heavy (non-hydrogen) atoms. The molecule has 0 aromatic heterocycles. The van der Waals surface area contributed by atoms with Gasteiger partial charge in [-0.15, -0.1) is 0 Å². The molecule has 0 aliphatic rings. The maximum atomic E-state index is 10.7. The van der Waals surface area contributed by atoms with Crippen molar-refractivity contribution in [3.05, 3.63) is 0 Å². The van der Waals surface area contributed by atoms with Crippen LogP contribution in [0.4, 0.5) is 0 Å². The van der Waals surface area contributed by atoms with E-state index in [0.29, 0.717) is 13.0 Å². The standard InChI is InChI=1S/C8H16O2.Fe/c1-3-5-6-7-8(9)10-4-2;/h3-7H2,1-2H3;. The summed E-state index contributed by atoms with van der Waals surface area (Å²) in [5.74, 6) is -0.0593. The molecule has 0 bridgehead atoms. The van der Waals surface area contributed by atoms with Gasteiger partial charge in [-0.3, -0.25) is 4.79 Å². The Balaban J connectivity index is 0. The molecule has 0 atom stereocenters. The van der Waals surface area contributed by atoms with Crippen molar-refractivity contribution in [3.8, 4) is 0 Å². The molecule has 0 aromatic carbocycles. The SMILES string of the molecule is CCCCCC(=O)OCC.[Fe]. The summed E-state index contributed by atoms with van der Waals surface area (Å²) in [5.41, 5.74) is 0. The number of ether oxygens (including phenoxy) is 1. The molecular weight excluding hydrogens is 184 g/mol. The van der Waals surface area contributed by atoms with E-state index in [1.54, 1.807) is 0 Å². The number of hydrogen-bond donors (Lipinski definition) is 0. The summed E-state index contributed by atoms with van der Waals surface area (Å²) in [6, 6.07) is 0. The third kappa shape index (κ3) is 9.99. The minimum Gasteiger partial charge on any atom is -0.466 e. The van der Waals surface area contributed by atoms with E-state index in [0.717, 1.165) is 19.3 Å². The van der Waals surface area contributed by atoms with Gasteiger partial charge in [-0.25, -0.2) is 0 Å². The second-order valence-electron chi connectivity index (χ2n) is 2.26. The molecule has 2 nitrogen and oxygen atoms in total. The number of carbonyl (C=O) groups is 1. The quantitative estimate of drug-likeness (QED) is 0.386. The van der Waals surface area contributed by atoms with Crippen LogP contribution in [0.5, 0.6) is 0 Å². The Morgan fingerprint density at radius 1 is 1.27 bits per heavy atom. The van der Waals surface area contributed by atoms with Crippen molar-refractivity contribution in [2.45, 2.75) is 39.5 Å². The molecule has 0 spiro atoms. The first kappa shape index (κ1) is 13.6.